The van der Waals surface area contributed by atoms with E-state index in [9.17, 15) is 14.0 Å². The smallest absolute Gasteiger partial charge is 0.244 e. The number of hydrogen-bond acceptors (Lipinski definition) is 3. The summed E-state index contributed by atoms with van der Waals surface area (Å²) >= 11 is 0. The molecule has 2 amide bonds. The Labute approximate surface area is 142 Å². The first kappa shape index (κ1) is 16.9. The van der Waals surface area contributed by atoms with Crippen LogP contribution in [-0.4, -0.2) is 60.4 Å². The number of carbonyl (C=O) groups is 2. The Hall–Kier alpha value is -1.95. The number of carbonyl (C=O) groups excluding carboxylic acids is 2. The molecule has 2 fully saturated rings. The van der Waals surface area contributed by atoms with Gasteiger partial charge < -0.3 is 9.80 Å². The Kier molecular flexibility index (Phi) is 5.14. The molecule has 2 saturated heterocycles. The van der Waals surface area contributed by atoms with Gasteiger partial charge in [-0.05, 0) is 25.0 Å². The summed E-state index contributed by atoms with van der Waals surface area (Å²) in [6.45, 7) is 5.33. The van der Waals surface area contributed by atoms with Crippen LogP contribution in [0.1, 0.15) is 26.2 Å². The van der Waals surface area contributed by atoms with E-state index in [1.807, 2.05) is 11.8 Å². The van der Waals surface area contributed by atoms with Crippen molar-refractivity contribution in [1.82, 2.24) is 9.80 Å². The van der Waals surface area contributed by atoms with Gasteiger partial charge in [-0.15, -0.1) is 0 Å². The lowest BCUT2D eigenvalue weighted by atomic mass is 10.2. The predicted octanol–water partition coefficient (Wildman–Crippen LogP) is 1.88. The summed E-state index contributed by atoms with van der Waals surface area (Å²) in [7, 11) is 0. The van der Waals surface area contributed by atoms with Crippen LogP contribution in [0, 0.1) is 5.82 Å². The molecule has 2 aliphatic rings. The normalized spacial score (nSPS) is 22.8. The van der Waals surface area contributed by atoms with Crippen LogP contribution in [-0.2, 0) is 9.59 Å². The van der Waals surface area contributed by atoms with E-state index in [0.29, 0.717) is 38.2 Å². The second-order valence-electron chi connectivity index (χ2n) is 6.37. The Morgan fingerprint density at radius 3 is 2.71 bits per heavy atom. The van der Waals surface area contributed by atoms with Crippen LogP contribution in [0.3, 0.4) is 0 Å². The number of anilines is 1. The molecule has 0 aromatic heterocycles. The summed E-state index contributed by atoms with van der Waals surface area (Å²) in [6, 6.07) is 6.21. The van der Waals surface area contributed by atoms with Gasteiger partial charge in [0, 0.05) is 39.1 Å². The number of para-hydroxylation sites is 1. The van der Waals surface area contributed by atoms with Crippen molar-refractivity contribution in [3.05, 3.63) is 30.1 Å². The highest BCUT2D eigenvalue weighted by atomic mass is 19.1. The van der Waals surface area contributed by atoms with Crippen LogP contribution >= 0.6 is 0 Å². The number of amides is 2. The monoisotopic (exact) mass is 333 g/mol. The van der Waals surface area contributed by atoms with Crippen LogP contribution < -0.4 is 4.90 Å². The average Bonchev–Trinajstić information content (AvgIpc) is 2.82. The van der Waals surface area contributed by atoms with Crippen LogP contribution in [0.25, 0.3) is 0 Å². The molecule has 2 heterocycles. The Bertz CT molecular complexity index is 622. The highest BCUT2D eigenvalue weighted by molar-refractivity contribution is 5.99. The van der Waals surface area contributed by atoms with Crippen molar-refractivity contribution < 1.29 is 14.0 Å². The van der Waals surface area contributed by atoms with Crippen molar-refractivity contribution in [1.29, 1.82) is 0 Å². The summed E-state index contributed by atoms with van der Waals surface area (Å²) in [6.07, 6.45) is 2.09. The first-order chi connectivity index (χ1) is 11.6. The van der Waals surface area contributed by atoms with E-state index in [2.05, 4.69) is 4.90 Å². The molecule has 0 spiro atoms. The summed E-state index contributed by atoms with van der Waals surface area (Å²) in [5.41, 5.74) is 0.364. The molecule has 0 saturated carbocycles. The summed E-state index contributed by atoms with van der Waals surface area (Å²) in [5.74, 6) is -0.222. The molecule has 130 valence electrons. The highest BCUT2D eigenvalue weighted by Gasteiger charge is 2.38. The summed E-state index contributed by atoms with van der Waals surface area (Å²) < 4.78 is 14.0. The van der Waals surface area contributed by atoms with E-state index in [1.165, 1.54) is 6.07 Å². The summed E-state index contributed by atoms with van der Waals surface area (Å²) in [4.78, 5) is 30.3. The molecule has 1 aromatic carbocycles. The molecule has 1 aromatic rings. The Morgan fingerprint density at radius 1 is 1.17 bits per heavy atom. The zero-order valence-electron chi connectivity index (χ0n) is 14.1. The van der Waals surface area contributed by atoms with Crippen molar-refractivity contribution in [2.45, 2.75) is 32.2 Å². The van der Waals surface area contributed by atoms with Crippen LogP contribution in [0.5, 0.6) is 0 Å². The molecule has 0 unspecified atom stereocenters. The van der Waals surface area contributed by atoms with Gasteiger partial charge in [0.05, 0.1) is 11.7 Å². The molecule has 5 nitrogen and oxygen atoms in total. The second-order valence-corrected chi connectivity index (χ2v) is 6.37. The van der Waals surface area contributed by atoms with Gasteiger partial charge in [-0.2, -0.15) is 0 Å². The van der Waals surface area contributed by atoms with Crippen molar-refractivity contribution in [2.75, 3.05) is 37.6 Å². The van der Waals surface area contributed by atoms with Gasteiger partial charge in [0.25, 0.3) is 0 Å². The fourth-order valence-corrected chi connectivity index (χ4v) is 3.64. The van der Waals surface area contributed by atoms with E-state index >= 15 is 0 Å². The topological polar surface area (TPSA) is 43.9 Å². The minimum atomic E-state index is -0.359. The van der Waals surface area contributed by atoms with E-state index in [1.54, 1.807) is 23.1 Å². The van der Waals surface area contributed by atoms with E-state index in [0.717, 1.165) is 19.5 Å². The lowest BCUT2D eigenvalue weighted by Gasteiger charge is -2.26. The SMILES string of the molecule is CCC(=O)N1CCCN([C@@H]2CCN(c3ccccc3F)C2=O)CC1. The van der Waals surface area contributed by atoms with Crippen molar-refractivity contribution in [2.24, 2.45) is 0 Å². The Morgan fingerprint density at radius 2 is 1.96 bits per heavy atom. The van der Waals surface area contributed by atoms with Crippen molar-refractivity contribution >= 4 is 17.5 Å². The fraction of sp³-hybridized carbons (Fsp3) is 0.556. The molecular weight excluding hydrogens is 309 g/mol. The van der Waals surface area contributed by atoms with Gasteiger partial charge in [0.1, 0.15) is 5.82 Å². The first-order valence-corrected chi connectivity index (χ1v) is 8.69. The van der Waals surface area contributed by atoms with Crippen molar-refractivity contribution in [3.63, 3.8) is 0 Å². The maximum Gasteiger partial charge on any atom is 0.244 e. The third kappa shape index (κ3) is 3.29. The average molecular weight is 333 g/mol. The third-order valence-electron chi connectivity index (χ3n) is 4.95. The van der Waals surface area contributed by atoms with Gasteiger partial charge in [0.2, 0.25) is 11.8 Å². The fourth-order valence-electron chi connectivity index (χ4n) is 3.64. The molecule has 2 aliphatic heterocycles. The van der Waals surface area contributed by atoms with Crippen molar-refractivity contribution in [3.8, 4) is 0 Å². The summed E-state index contributed by atoms with van der Waals surface area (Å²) in [5, 5.41) is 0. The van der Waals surface area contributed by atoms with Crippen LogP contribution in [0.2, 0.25) is 0 Å². The zero-order chi connectivity index (χ0) is 17.1. The number of hydrogen-bond donors (Lipinski definition) is 0. The molecule has 1 atom stereocenters. The lowest BCUT2D eigenvalue weighted by molar-refractivity contribution is -0.130. The number of nitrogens with zero attached hydrogens (tertiary/aromatic N) is 3. The Balaban J connectivity index is 1.67. The zero-order valence-corrected chi connectivity index (χ0v) is 14.1. The molecule has 0 radical (unpaired) electrons. The number of benzene rings is 1. The number of halogens is 1. The van der Waals surface area contributed by atoms with Gasteiger partial charge in [-0.3, -0.25) is 14.5 Å². The predicted molar refractivity (Wildman–Crippen MR) is 90.2 cm³/mol. The van der Waals surface area contributed by atoms with Gasteiger partial charge in [0.15, 0.2) is 0 Å². The maximum absolute atomic E-state index is 14.0. The molecule has 24 heavy (non-hydrogen) atoms. The second kappa shape index (κ2) is 7.30. The molecule has 0 aliphatic carbocycles. The molecular formula is C18H24FN3O2. The quantitative estimate of drug-likeness (QED) is 0.848. The van der Waals surface area contributed by atoms with E-state index in [4.69, 9.17) is 0 Å². The van der Waals surface area contributed by atoms with Gasteiger partial charge in [-0.1, -0.05) is 19.1 Å². The van der Waals surface area contributed by atoms with Crippen LogP contribution in [0.15, 0.2) is 24.3 Å². The molecule has 0 bridgehead atoms. The standard InChI is InChI=1S/C18H24FN3O2/c1-2-17(23)21-10-5-9-20(12-13-21)16-8-11-22(18(16)24)15-7-4-3-6-14(15)19/h3-4,6-7,16H,2,5,8-13H2,1H3/t16-/m1/s1. The molecule has 6 heteroatoms. The minimum Gasteiger partial charge on any atom is -0.341 e. The molecule has 0 N–H and O–H groups in total. The van der Waals surface area contributed by atoms with E-state index in [-0.39, 0.29) is 23.7 Å². The van der Waals surface area contributed by atoms with E-state index < -0.39 is 0 Å². The minimum absolute atomic E-state index is 0.0321. The lowest BCUT2D eigenvalue weighted by Crippen LogP contribution is -2.44. The van der Waals surface area contributed by atoms with Crippen LogP contribution in [0.4, 0.5) is 10.1 Å². The largest absolute Gasteiger partial charge is 0.341 e. The maximum atomic E-state index is 14.0. The third-order valence-corrected chi connectivity index (χ3v) is 4.95. The number of rotatable bonds is 3. The molecule has 3 rings (SSSR count). The first-order valence-electron chi connectivity index (χ1n) is 8.69. The highest BCUT2D eigenvalue weighted by Crippen LogP contribution is 2.27. The van der Waals surface area contributed by atoms with Gasteiger partial charge in [-0.25, -0.2) is 4.39 Å². The van der Waals surface area contributed by atoms with Gasteiger partial charge >= 0.3 is 0 Å².